The molecule has 0 amide bonds. The number of hydrogen-bond acceptors (Lipinski definition) is 9. The molecule has 3 aromatic rings. The summed E-state index contributed by atoms with van der Waals surface area (Å²) in [4.78, 5) is 0. The summed E-state index contributed by atoms with van der Waals surface area (Å²) in [6.07, 6.45) is 0. The Hall–Kier alpha value is -2.37. The van der Waals surface area contributed by atoms with Gasteiger partial charge in [0.25, 0.3) is 0 Å². The van der Waals surface area contributed by atoms with Crippen LogP contribution in [-0.2, 0) is 39.0 Å². The molecule has 0 spiro atoms. The molecule has 0 fully saturated rings. The van der Waals surface area contributed by atoms with Crippen molar-refractivity contribution in [3.63, 3.8) is 0 Å². The van der Waals surface area contributed by atoms with Crippen LogP contribution in [0.1, 0.15) is 0 Å². The summed E-state index contributed by atoms with van der Waals surface area (Å²) in [5.74, 6) is -16.0. The van der Waals surface area contributed by atoms with Crippen LogP contribution in [0.5, 0.6) is 17.2 Å². The van der Waals surface area contributed by atoms with E-state index in [0.29, 0.717) is 36.4 Å². The molecule has 41 heavy (non-hydrogen) atoms. The molecule has 0 saturated heterocycles. The predicted molar refractivity (Wildman–Crippen MR) is 98.1 cm³/mol. The fraction of sp³-hybridized carbons (Fsp3) is 0. The predicted octanol–water partition coefficient (Wildman–Crippen LogP) is -2.44. The molecule has 3 rings (SSSR count). The van der Waals surface area contributed by atoms with Crippen molar-refractivity contribution in [1.82, 2.24) is 0 Å². The van der Waals surface area contributed by atoms with E-state index in [1.54, 1.807) is 0 Å². The van der Waals surface area contributed by atoms with Crippen molar-refractivity contribution in [2.45, 2.75) is 0 Å². The monoisotopic (exact) mass is 774 g/mol. The summed E-state index contributed by atoms with van der Waals surface area (Å²) in [7, 11) is -8.11. The van der Waals surface area contributed by atoms with Gasteiger partial charge in [0, 0.05) is 36.4 Å². The zero-order valence-electron chi connectivity index (χ0n) is 19.0. The molecule has 220 valence electrons. The van der Waals surface area contributed by atoms with E-state index < -0.39 is 91.6 Å². The van der Waals surface area contributed by atoms with Crippen molar-refractivity contribution in [2.24, 2.45) is 0 Å². The summed E-state index contributed by atoms with van der Waals surface area (Å²) in [6.45, 7) is 0. The third-order valence-electron chi connectivity index (χ3n) is 3.57. The quantitative estimate of drug-likeness (QED) is 0.151. The molecule has 0 aliphatic heterocycles. The average Bonchev–Trinajstić information content (AvgIpc) is 2.79. The van der Waals surface area contributed by atoms with Crippen molar-refractivity contribution < 1.29 is 123 Å². The van der Waals surface area contributed by atoms with Crippen molar-refractivity contribution in [1.29, 1.82) is 0 Å². The third-order valence-corrected chi connectivity index (χ3v) is 3.57. The van der Waals surface area contributed by atoms with Gasteiger partial charge in [-0.05, 0) is 0 Å². The second kappa shape index (κ2) is 18.9. The molecule has 2 radical (unpaired) electrons. The van der Waals surface area contributed by atoms with Gasteiger partial charge in [0.1, 0.15) is 39.2 Å². The molecule has 3 aromatic carbocycles. The van der Waals surface area contributed by atoms with Gasteiger partial charge < -0.3 is 44.1 Å². The van der Waals surface area contributed by atoms with E-state index in [0.717, 1.165) is 0 Å². The average molecular weight is 772 g/mol. The standard InChI is InChI=1S/3C6H2BF3O3.2Ru/c3*8-4-1-3(13-7(11)12)2-5(9)6(4)10;;/h3*1-2H;;/q3*-2;2*+3. The van der Waals surface area contributed by atoms with Crippen molar-refractivity contribution >= 4 is 22.0 Å². The van der Waals surface area contributed by atoms with E-state index in [1.807, 2.05) is 0 Å². The van der Waals surface area contributed by atoms with Gasteiger partial charge in [0.05, 0.1) is 0 Å². The Kier molecular flexibility index (Phi) is 18.8. The Balaban J connectivity index is 0. The molecule has 0 aliphatic carbocycles. The van der Waals surface area contributed by atoms with Crippen LogP contribution in [0.2, 0.25) is 0 Å². The molecule has 0 unspecified atom stereocenters. The van der Waals surface area contributed by atoms with E-state index >= 15 is 0 Å². The molecule has 0 heterocycles. The van der Waals surface area contributed by atoms with Gasteiger partial charge >= 0.3 is 39.0 Å². The first-order valence-corrected chi connectivity index (χ1v) is 9.40. The molecular weight excluding hydrogens is 766 g/mol. The maximum atomic E-state index is 12.4. The normalized spacial score (nSPS) is 9.44. The zero-order valence-corrected chi connectivity index (χ0v) is 22.5. The van der Waals surface area contributed by atoms with Crippen LogP contribution in [0.15, 0.2) is 36.4 Å². The minimum atomic E-state index is -2.70. The molecule has 0 saturated carbocycles. The van der Waals surface area contributed by atoms with E-state index in [9.17, 15) is 69.7 Å². The van der Waals surface area contributed by atoms with Gasteiger partial charge in [0.15, 0.2) is 52.4 Å². The van der Waals surface area contributed by atoms with Crippen LogP contribution in [-0.4, -0.2) is 22.0 Å². The summed E-state index contributed by atoms with van der Waals surface area (Å²) >= 11 is 0. The number of benzene rings is 3. The summed E-state index contributed by atoms with van der Waals surface area (Å²) in [5, 5.41) is 59.3. The smallest absolute Gasteiger partial charge is 0.860 e. The van der Waals surface area contributed by atoms with Gasteiger partial charge in [-0.25, -0.2) is 39.5 Å². The van der Waals surface area contributed by atoms with Crippen LogP contribution in [0.3, 0.4) is 0 Å². The van der Waals surface area contributed by atoms with Crippen LogP contribution >= 0.6 is 0 Å². The Labute approximate surface area is 250 Å². The summed E-state index contributed by atoms with van der Waals surface area (Å²) in [5.41, 5.74) is 0. The maximum Gasteiger partial charge on any atom is 3.00 e. The molecule has 0 aliphatic rings. The van der Waals surface area contributed by atoms with Gasteiger partial charge in [-0.2, -0.15) is 0 Å². The SMILES string of the molecule is [O-]B([O-])Oc1cc(F)c(F)c(F)c1.[O-]B([O-])Oc1cc(F)c(F)c(F)c1.[O-]B([O-])Oc1cc(F)c(F)c(F)c1.[Ru+3].[Ru+3]. The molecule has 0 atom stereocenters. The van der Waals surface area contributed by atoms with Crippen molar-refractivity contribution in [3.8, 4) is 17.2 Å². The second-order valence-corrected chi connectivity index (χ2v) is 6.32. The topological polar surface area (TPSA) is 166 Å². The third kappa shape index (κ3) is 14.4. The van der Waals surface area contributed by atoms with Crippen LogP contribution < -0.4 is 44.1 Å². The molecule has 0 N–H and O–H groups in total. The van der Waals surface area contributed by atoms with E-state index in [1.165, 1.54) is 0 Å². The second-order valence-electron chi connectivity index (χ2n) is 6.32. The molecule has 23 heteroatoms. The summed E-state index contributed by atoms with van der Waals surface area (Å²) in [6, 6.07) is 2.51. The van der Waals surface area contributed by atoms with Gasteiger partial charge in [-0.3, -0.25) is 0 Å². The van der Waals surface area contributed by atoms with E-state index in [2.05, 4.69) is 14.0 Å². The van der Waals surface area contributed by atoms with Crippen molar-refractivity contribution in [2.75, 3.05) is 0 Å². The van der Waals surface area contributed by atoms with Crippen LogP contribution in [0.4, 0.5) is 39.5 Å². The fourth-order valence-corrected chi connectivity index (χ4v) is 2.13. The molecular formula is C18H6B3F9O9Ru2. The van der Waals surface area contributed by atoms with Gasteiger partial charge in [0.2, 0.25) is 0 Å². The van der Waals surface area contributed by atoms with Crippen molar-refractivity contribution in [3.05, 3.63) is 88.8 Å². The van der Waals surface area contributed by atoms with Crippen LogP contribution in [0, 0.1) is 52.4 Å². The Morgan fingerprint density at radius 2 is 0.512 bits per heavy atom. The molecule has 9 nitrogen and oxygen atoms in total. The Morgan fingerprint density at radius 1 is 0.366 bits per heavy atom. The van der Waals surface area contributed by atoms with Gasteiger partial charge in [-0.15, -0.1) is 0 Å². The minimum absolute atomic E-state index is 0. The maximum absolute atomic E-state index is 12.4. The number of rotatable bonds is 6. The molecule has 0 aromatic heterocycles. The largest absolute Gasteiger partial charge is 3.00 e. The first-order chi connectivity index (χ1) is 18.0. The number of halogens is 9. The number of hydrogen-bond donors (Lipinski definition) is 0. The zero-order chi connectivity index (χ0) is 30.0. The Bertz CT molecular complexity index is 1050. The van der Waals surface area contributed by atoms with E-state index in [4.69, 9.17) is 0 Å². The van der Waals surface area contributed by atoms with Gasteiger partial charge in [-0.1, -0.05) is 0 Å². The first-order valence-electron chi connectivity index (χ1n) is 9.40. The first kappa shape index (κ1) is 40.8. The molecule has 0 bridgehead atoms. The minimum Gasteiger partial charge on any atom is -0.860 e. The van der Waals surface area contributed by atoms with Crippen LogP contribution in [0.25, 0.3) is 0 Å². The summed E-state index contributed by atoms with van der Waals surface area (Å²) < 4.78 is 123. The van der Waals surface area contributed by atoms with E-state index in [-0.39, 0.29) is 39.0 Å². The Morgan fingerprint density at radius 3 is 0.634 bits per heavy atom. The fourth-order valence-electron chi connectivity index (χ4n) is 2.13.